The van der Waals surface area contributed by atoms with Gasteiger partial charge in [0, 0.05) is 43.8 Å². The molecule has 1 aromatic heterocycles. The molecule has 17 heavy (non-hydrogen) atoms. The summed E-state index contributed by atoms with van der Waals surface area (Å²) < 4.78 is 0. The Bertz CT molecular complexity index is 321. The molecule has 2 heterocycles. The Morgan fingerprint density at radius 1 is 1.41 bits per heavy atom. The molecule has 0 bridgehead atoms. The fourth-order valence-corrected chi connectivity index (χ4v) is 2.23. The number of anilines is 1. The Hall–Kier alpha value is -1.13. The van der Waals surface area contributed by atoms with Crippen LogP contribution in [0.4, 0.5) is 5.69 Å². The maximum Gasteiger partial charge on any atom is 0.0636 e. The number of hydrogen-bond donors (Lipinski definition) is 2. The van der Waals surface area contributed by atoms with Crippen LogP contribution >= 0.6 is 0 Å². The molecule has 94 valence electrons. The molecule has 0 aromatic carbocycles. The van der Waals surface area contributed by atoms with Crippen molar-refractivity contribution in [2.45, 2.75) is 31.9 Å². The van der Waals surface area contributed by atoms with Crippen LogP contribution in [0, 0.1) is 0 Å². The van der Waals surface area contributed by atoms with Crippen molar-refractivity contribution >= 4 is 5.69 Å². The summed E-state index contributed by atoms with van der Waals surface area (Å²) in [7, 11) is 0. The second-order valence-corrected chi connectivity index (χ2v) is 4.72. The van der Waals surface area contributed by atoms with E-state index in [1.807, 2.05) is 19.3 Å². The Morgan fingerprint density at radius 2 is 2.06 bits per heavy atom. The summed E-state index contributed by atoms with van der Waals surface area (Å²) in [6, 6.07) is 4.66. The Morgan fingerprint density at radius 3 is 2.65 bits per heavy atom. The van der Waals surface area contributed by atoms with Gasteiger partial charge in [0.25, 0.3) is 0 Å². The van der Waals surface area contributed by atoms with Crippen molar-refractivity contribution in [1.82, 2.24) is 10.3 Å². The van der Waals surface area contributed by atoms with Gasteiger partial charge in [-0.3, -0.25) is 4.98 Å². The Labute approximate surface area is 103 Å². The number of pyridine rings is 1. The third kappa shape index (κ3) is 3.68. The molecule has 1 unspecified atom stereocenters. The van der Waals surface area contributed by atoms with Crippen LogP contribution < -0.4 is 10.2 Å². The highest BCUT2D eigenvalue weighted by atomic mass is 16.3. The minimum Gasteiger partial charge on any atom is -0.392 e. The first-order valence-electron chi connectivity index (χ1n) is 6.32. The van der Waals surface area contributed by atoms with E-state index in [1.54, 1.807) is 0 Å². The number of aliphatic hydroxyl groups excluding tert-OH is 1. The molecule has 0 amide bonds. The first-order valence-corrected chi connectivity index (χ1v) is 6.32. The Kier molecular flexibility index (Phi) is 4.34. The zero-order valence-electron chi connectivity index (χ0n) is 10.3. The first-order chi connectivity index (χ1) is 8.25. The number of aliphatic hydroxyl groups is 1. The minimum atomic E-state index is -0.256. The zero-order valence-corrected chi connectivity index (χ0v) is 10.3. The lowest BCUT2D eigenvalue weighted by atomic mass is 10.0. The molecular formula is C13H21N3O. The van der Waals surface area contributed by atoms with Gasteiger partial charge in [-0.1, -0.05) is 0 Å². The van der Waals surface area contributed by atoms with Gasteiger partial charge < -0.3 is 15.3 Å². The van der Waals surface area contributed by atoms with E-state index in [4.69, 9.17) is 0 Å². The topological polar surface area (TPSA) is 48.4 Å². The number of rotatable bonds is 4. The Balaban J connectivity index is 1.78. The van der Waals surface area contributed by atoms with E-state index in [0.29, 0.717) is 12.6 Å². The third-order valence-corrected chi connectivity index (χ3v) is 3.22. The van der Waals surface area contributed by atoms with Gasteiger partial charge in [-0.05, 0) is 31.9 Å². The zero-order chi connectivity index (χ0) is 12.1. The van der Waals surface area contributed by atoms with Crippen LogP contribution in [0.25, 0.3) is 0 Å². The highest BCUT2D eigenvalue weighted by Crippen LogP contribution is 2.18. The van der Waals surface area contributed by atoms with Crippen LogP contribution in [-0.4, -0.2) is 41.9 Å². The van der Waals surface area contributed by atoms with E-state index in [-0.39, 0.29) is 6.10 Å². The monoisotopic (exact) mass is 235 g/mol. The van der Waals surface area contributed by atoms with Crippen LogP contribution in [0.15, 0.2) is 24.5 Å². The predicted octanol–water partition coefficient (Wildman–Crippen LogP) is 1.02. The molecule has 0 aliphatic carbocycles. The molecule has 0 radical (unpaired) electrons. The van der Waals surface area contributed by atoms with Crippen molar-refractivity contribution in [2.24, 2.45) is 0 Å². The van der Waals surface area contributed by atoms with Crippen molar-refractivity contribution in [3.63, 3.8) is 0 Å². The van der Waals surface area contributed by atoms with Crippen molar-refractivity contribution in [1.29, 1.82) is 0 Å². The number of aromatic nitrogens is 1. The molecule has 1 aliphatic rings. The second-order valence-electron chi connectivity index (χ2n) is 4.72. The highest BCUT2D eigenvalue weighted by Gasteiger charge is 2.18. The van der Waals surface area contributed by atoms with Gasteiger partial charge in [-0.25, -0.2) is 0 Å². The lowest BCUT2D eigenvalue weighted by Crippen LogP contribution is -2.44. The summed E-state index contributed by atoms with van der Waals surface area (Å²) in [4.78, 5) is 6.43. The van der Waals surface area contributed by atoms with Crippen LogP contribution in [0.5, 0.6) is 0 Å². The highest BCUT2D eigenvalue weighted by molar-refractivity contribution is 5.44. The van der Waals surface area contributed by atoms with Gasteiger partial charge >= 0.3 is 0 Å². The van der Waals surface area contributed by atoms with E-state index in [1.165, 1.54) is 5.69 Å². The van der Waals surface area contributed by atoms with E-state index in [2.05, 4.69) is 27.3 Å². The summed E-state index contributed by atoms with van der Waals surface area (Å²) >= 11 is 0. The number of nitrogens with zero attached hydrogens (tertiary/aromatic N) is 2. The van der Waals surface area contributed by atoms with Crippen LogP contribution in [0.2, 0.25) is 0 Å². The fourth-order valence-electron chi connectivity index (χ4n) is 2.23. The van der Waals surface area contributed by atoms with Crippen molar-refractivity contribution in [2.75, 3.05) is 24.5 Å². The van der Waals surface area contributed by atoms with Crippen molar-refractivity contribution in [3.8, 4) is 0 Å². The van der Waals surface area contributed by atoms with Crippen molar-refractivity contribution < 1.29 is 5.11 Å². The molecule has 4 heteroatoms. The van der Waals surface area contributed by atoms with E-state index in [0.717, 1.165) is 25.9 Å². The predicted molar refractivity (Wildman–Crippen MR) is 69.2 cm³/mol. The van der Waals surface area contributed by atoms with Gasteiger partial charge in [-0.15, -0.1) is 0 Å². The average Bonchev–Trinajstić information content (AvgIpc) is 2.38. The van der Waals surface area contributed by atoms with Gasteiger partial charge in [0.2, 0.25) is 0 Å². The molecule has 0 saturated carbocycles. The first kappa shape index (κ1) is 12.3. The number of hydrogen-bond acceptors (Lipinski definition) is 4. The fraction of sp³-hybridized carbons (Fsp3) is 0.615. The lowest BCUT2D eigenvalue weighted by molar-refractivity contribution is 0.183. The smallest absolute Gasteiger partial charge is 0.0636 e. The molecule has 1 aromatic rings. The molecule has 1 atom stereocenters. The second kappa shape index (κ2) is 5.98. The molecular weight excluding hydrogens is 214 g/mol. The molecule has 2 rings (SSSR count). The van der Waals surface area contributed by atoms with Gasteiger partial charge in [0.1, 0.15) is 0 Å². The van der Waals surface area contributed by atoms with E-state index in [9.17, 15) is 5.11 Å². The van der Waals surface area contributed by atoms with E-state index < -0.39 is 0 Å². The van der Waals surface area contributed by atoms with Crippen molar-refractivity contribution in [3.05, 3.63) is 24.5 Å². The summed E-state index contributed by atoms with van der Waals surface area (Å²) in [6.45, 7) is 4.65. The van der Waals surface area contributed by atoms with Crippen LogP contribution in [0.3, 0.4) is 0 Å². The number of piperidine rings is 1. The third-order valence-electron chi connectivity index (χ3n) is 3.22. The molecule has 4 nitrogen and oxygen atoms in total. The average molecular weight is 235 g/mol. The normalized spacial score (nSPS) is 19.3. The summed E-state index contributed by atoms with van der Waals surface area (Å²) in [5, 5.41) is 12.6. The maximum absolute atomic E-state index is 9.23. The lowest BCUT2D eigenvalue weighted by Gasteiger charge is -2.34. The summed E-state index contributed by atoms with van der Waals surface area (Å²) in [5.41, 5.74) is 1.26. The molecule has 0 spiro atoms. The molecule has 1 aliphatic heterocycles. The SMILES string of the molecule is CC(O)CNC1CCN(c2ccncc2)CC1. The molecule has 2 N–H and O–H groups in total. The van der Waals surface area contributed by atoms with Gasteiger partial charge in [-0.2, -0.15) is 0 Å². The standard InChI is InChI=1S/C13H21N3O/c1-11(17)10-15-12-4-8-16(9-5-12)13-2-6-14-7-3-13/h2-3,6-7,11-12,15,17H,4-5,8-10H2,1H3. The largest absolute Gasteiger partial charge is 0.392 e. The number of nitrogens with one attached hydrogen (secondary N) is 1. The maximum atomic E-state index is 9.23. The van der Waals surface area contributed by atoms with Gasteiger partial charge in [0.15, 0.2) is 0 Å². The van der Waals surface area contributed by atoms with Crippen LogP contribution in [0.1, 0.15) is 19.8 Å². The quantitative estimate of drug-likeness (QED) is 0.818. The minimum absolute atomic E-state index is 0.256. The molecule has 1 saturated heterocycles. The van der Waals surface area contributed by atoms with E-state index >= 15 is 0 Å². The summed E-state index contributed by atoms with van der Waals surface area (Å²) in [5.74, 6) is 0. The molecule has 1 fully saturated rings. The van der Waals surface area contributed by atoms with Gasteiger partial charge in [0.05, 0.1) is 6.10 Å². The van der Waals surface area contributed by atoms with Crippen LogP contribution in [-0.2, 0) is 0 Å². The summed E-state index contributed by atoms with van der Waals surface area (Å²) in [6.07, 6.45) is 5.69.